The van der Waals surface area contributed by atoms with E-state index in [0.29, 0.717) is 6.42 Å². The standard InChI is InChI=1S/C5H11NO2S.C5H11NO2/c1-9-3-2-4(6)5(7)8;1-3(2)4(6)5(7)8/h4H,2-3,6H2,1H3,(H,7,8);3-4H,6H2,1-2H3,(H,7,8)/t2*4-/m10/s1. The SMILES string of the molecule is CC(C)[C@H]([NH3+])C(=O)[O-].CSCC[C@@H]([NH3+])C(=O)[O-]. The molecule has 0 radical (unpaired) electrons. The highest BCUT2D eigenvalue weighted by Gasteiger charge is 2.10. The molecule has 2 atom stereocenters. The summed E-state index contributed by atoms with van der Waals surface area (Å²) in [5, 5.41) is 20.0. The Morgan fingerprint density at radius 1 is 1.18 bits per heavy atom. The van der Waals surface area contributed by atoms with Gasteiger partial charge in [0, 0.05) is 12.3 Å². The van der Waals surface area contributed by atoms with Gasteiger partial charge in [0.25, 0.3) is 0 Å². The number of carboxylic acid groups (broad SMARTS) is 2. The van der Waals surface area contributed by atoms with Crippen LogP contribution in [-0.4, -0.2) is 36.0 Å². The van der Waals surface area contributed by atoms with E-state index in [9.17, 15) is 19.8 Å². The van der Waals surface area contributed by atoms with E-state index >= 15 is 0 Å². The highest BCUT2D eigenvalue weighted by molar-refractivity contribution is 7.98. The molecule has 6 N–H and O–H groups in total. The lowest BCUT2D eigenvalue weighted by Crippen LogP contribution is -2.70. The predicted octanol–water partition coefficient (Wildman–Crippen LogP) is -3.90. The zero-order chi connectivity index (χ0) is 14.0. The molecule has 0 unspecified atom stereocenters. The van der Waals surface area contributed by atoms with Crippen molar-refractivity contribution < 1.29 is 31.3 Å². The lowest BCUT2D eigenvalue weighted by atomic mass is 10.1. The van der Waals surface area contributed by atoms with E-state index in [-0.39, 0.29) is 5.92 Å². The number of carbonyl (C=O) groups is 2. The quantitative estimate of drug-likeness (QED) is 0.506. The van der Waals surface area contributed by atoms with Crippen LogP contribution >= 0.6 is 11.8 Å². The molecular weight excluding hydrogens is 244 g/mol. The number of hydrogen-bond acceptors (Lipinski definition) is 5. The maximum atomic E-state index is 10.0. The molecule has 0 aliphatic carbocycles. The molecule has 0 amide bonds. The van der Waals surface area contributed by atoms with Gasteiger partial charge in [0.15, 0.2) is 0 Å². The van der Waals surface area contributed by atoms with Gasteiger partial charge >= 0.3 is 0 Å². The first-order chi connectivity index (χ1) is 7.73. The molecule has 7 heteroatoms. The monoisotopic (exact) mass is 266 g/mol. The Morgan fingerprint density at radius 3 is 1.82 bits per heavy atom. The van der Waals surface area contributed by atoms with Gasteiger partial charge in [-0.2, -0.15) is 11.8 Å². The van der Waals surface area contributed by atoms with Crippen molar-refractivity contribution in [2.45, 2.75) is 32.4 Å². The fourth-order valence-electron chi connectivity index (χ4n) is 0.650. The van der Waals surface area contributed by atoms with E-state index < -0.39 is 24.0 Å². The van der Waals surface area contributed by atoms with E-state index in [4.69, 9.17) is 0 Å². The van der Waals surface area contributed by atoms with Gasteiger partial charge in [-0.25, -0.2) is 0 Å². The second-order valence-corrected chi connectivity index (χ2v) is 4.95. The van der Waals surface area contributed by atoms with Crippen molar-refractivity contribution in [1.82, 2.24) is 0 Å². The van der Waals surface area contributed by atoms with Crippen molar-refractivity contribution in [3.8, 4) is 0 Å². The minimum absolute atomic E-state index is 0.0694. The Labute approximate surface area is 106 Å². The Bertz CT molecular complexity index is 236. The van der Waals surface area contributed by atoms with Crippen LogP contribution in [0.15, 0.2) is 0 Å². The molecule has 0 aliphatic heterocycles. The largest absolute Gasteiger partial charge is 0.544 e. The molecule has 0 aromatic carbocycles. The van der Waals surface area contributed by atoms with E-state index in [1.54, 1.807) is 25.6 Å². The smallest absolute Gasteiger partial charge is 0.127 e. The van der Waals surface area contributed by atoms with Crippen LogP contribution in [-0.2, 0) is 9.59 Å². The molecule has 0 rings (SSSR count). The summed E-state index contributed by atoms with van der Waals surface area (Å²) < 4.78 is 0. The van der Waals surface area contributed by atoms with Crippen molar-refractivity contribution in [3.63, 3.8) is 0 Å². The minimum atomic E-state index is -1.07. The molecule has 17 heavy (non-hydrogen) atoms. The number of aliphatic carboxylic acids is 2. The van der Waals surface area contributed by atoms with Crippen LogP contribution in [0.3, 0.4) is 0 Å². The van der Waals surface area contributed by atoms with Gasteiger partial charge in [0.1, 0.15) is 12.1 Å². The van der Waals surface area contributed by atoms with Crippen molar-refractivity contribution in [2.75, 3.05) is 12.0 Å². The van der Waals surface area contributed by atoms with Gasteiger partial charge in [-0.15, -0.1) is 0 Å². The third-order valence-electron chi connectivity index (χ3n) is 2.11. The third-order valence-corrected chi connectivity index (χ3v) is 2.76. The van der Waals surface area contributed by atoms with Crippen LogP contribution < -0.4 is 21.7 Å². The molecule has 0 aliphatic rings. The highest BCUT2D eigenvalue weighted by atomic mass is 32.2. The predicted molar refractivity (Wildman–Crippen MR) is 61.2 cm³/mol. The summed E-state index contributed by atoms with van der Waals surface area (Å²) in [7, 11) is 0. The van der Waals surface area contributed by atoms with Crippen LogP contribution in [0.2, 0.25) is 0 Å². The summed E-state index contributed by atoms with van der Waals surface area (Å²) in [6, 6.07) is -1.12. The van der Waals surface area contributed by atoms with E-state index in [2.05, 4.69) is 11.5 Å². The minimum Gasteiger partial charge on any atom is -0.544 e. The number of rotatable bonds is 6. The topological polar surface area (TPSA) is 136 Å². The van der Waals surface area contributed by atoms with Crippen LogP contribution in [0.5, 0.6) is 0 Å². The van der Waals surface area contributed by atoms with Crippen molar-refractivity contribution in [2.24, 2.45) is 5.92 Å². The van der Waals surface area contributed by atoms with Crippen LogP contribution in [0.25, 0.3) is 0 Å². The zero-order valence-corrected chi connectivity index (χ0v) is 11.4. The van der Waals surface area contributed by atoms with E-state index in [1.165, 1.54) is 0 Å². The van der Waals surface area contributed by atoms with Crippen molar-refractivity contribution in [1.29, 1.82) is 0 Å². The van der Waals surface area contributed by atoms with Gasteiger partial charge in [0.05, 0.1) is 11.9 Å². The first kappa shape index (κ1) is 18.6. The number of carbonyl (C=O) groups excluding carboxylic acids is 2. The number of hydrogen-bond donors (Lipinski definition) is 2. The normalized spacial score (nSPS) is 13.5. The number of thioether (sulfide) groups is 1. The Morgan fingerprint density at radius 2 is 1.65 bits per heavy atom. The Kier molecular flexibility index (Phi) is 11.3. The second kappa shape index (κ2) is 10.4. The first-order valence-electron chi connectivity index (χ1n) is 5.30. The van der Waals surface area contributed by atoms with Gasteiger partial charge in [-0.3, -0.25) is 0 Å². The molecule has 0 saturated carbocycles. The summed E-state index contributed by atoms with van der Waals surface area (Å²) in [6.45, 7) is 3.60. The molecule has 0 bridgehead atoms. The molecule has 0 spiro atoms. The Balaban J connectivity index is 0. The Hall–Kier alpha value is -0.790. The summed E-state index contributed by atoms with van der Waals surface area (Å²) >= 11 is 1.62. The maximum absolute atomic E-state index is 10.0. The van der Waals surface area contributed by atoms with Gasteiger partial charge in [0.2, 0.25) is 0 Å². The second-order valence-electron chi connectivity index (χ2n) is 3.97. The first-order valence-corrected chi connectivity index (χ1v) is 6.70. The van der Waals surface area contributed by atoms with Crippen LogP contribution in [0.1, 0.15) is 20.3 Å². The molecule has 0 saturated heterocycles. The fraction of sp³-hybridized carbons (Fsp3) is 0.800. The summed E-state index contributed by atoms with van der Waals surface area (Å²) in [5.74, 6) is -1.22. The highest BCUT2D eigenvalue weighted by Crippen LogP contribution is 1.96. The number of carboxylic acids is 2. The summed E-state index contributed by atoms with van der Waals surface area (Å²) in [6.07, 6.45) is 2.53. The van der Waals surface area contributed by atoms with Crippen molar-refractivity contribution in [3.05, 3.63) is 0 Å². The van der Waals surface area contributed by atoms with Crippen molar-refractivity contribution >= 4 is 23.7 Å². The molecule has 0 fully saturated rings. The lowest BCUT2D eigenvalue weighted by molar-refractivity contribution is -0.446. The molecule has 0 aromatic rings. The summed E-state index contributed by atoms with van der Waals surface area (Å²) in [4.78, 5) is 20.0. The molecule has 0 heterocycles. The molecule has 102 valence electrons. The summed E-state index contributed by atoms with van der Waals surface area (Å²) in [5.41, 5.74) is 6.77. The van der Waals surface area contributed by atoms with E-state index in [1.807, 2.05) is 6.26 Å². The lowest BCUT2D eigenvalue weighted by Gasteiger charge is -2.11. The zero-order valence-electron chi connectivity index (χ0n) is 10.6. The van der Waals surface area contributed by atoms with E-state index in [0.717, 1.165) is 5.75 Å². The molecule has 0 aromatic heterocycles. The average Bonchev–Trinajstić information content (AvgIpc) is 2.25. The average molecular weight is 266 g/mol. The number of quaternary nitrogens is 2. The van der Waals surface area contributed by atoms with Gasteiger partial charge in [-0.1, -0.05) is 13.8 Å². The fourth-order valence-corrected chi connectivity index (χ4v) is 1.17. The molecule has 6 nitrogen and oxygen atoms in total. The third kappa shape index (κ3) is 11.5. The van der Waals surface area contributed by atoms with Gasteiger partial charge < -0.3 is 31.3 Å². The van der Waals surface area contributed by atoms with Gasteiger partial charge in [-0.05, 0) is 12.0 Å². The van der Waals surface area contributed by atoms with Crippen LogP contribution in [0, 0.1) is 5.92 Å². The maximum Gasteiger partial charge on any atom is 0.127 e. The van der Waals surface area contributed by atoms with Crippen LogP contribution in [0.4, 0.5) is 0 Å². The molecular formula is C10H22N2O4S.